The Morgan fingerprint density at radius 1 is 0.750 bits per heavy atom. The minimum Gasteiger partial charge on any atom is -1.00 e. The van der Waals surface area contributed by atoms with Gasteiger partial charge in [0.2, 0.25) is 0 Å². The molecule has 2 aromatic heterocycles. The summed E-state index contributed by atoms with van der Waals surface area (Å²) in [4.78, 5) is 10.7. The maximum absolute atomic E-state index is 10.7. The van der Waals surface area contributed by atoms with Crippen LogP contribution >= 0.6 is 29.9 Å². The van der Waals surface area contributed by atoms with E-state index in [4.69, 9.17) is 5.11 Å². The van der Waals surface area contributed by atoms with Gasteiger partial charge in [-0.2, -0.15) is 22.7 Å². The van der Waals surface area contributed by atoms with Crippen molar-refractivity contribution in [2.45, 2.75) is 25.0 Å². The van der Waals surface area contributed by atoms with Gasteiger partial charge in [-0.3, -0.25) is 4.79 Å². The first-order valence-corrected chi connectivity index (χ1v) is 17.0. The van der Waals surface area contributed by atoms with E-state index in [-0.39, 0.29) is 18.4 Å². The van der Waals surface area contributed by atoms with Crippen molar-refractivity contribution in [1.82, 2.24) is 5.32 Å². The minimum atomic E-state index is -1.74. The van der Waals surface area contributed by atoms with E-state index in [9.17, 15) is 4.79 Å². The van der Waals surface area contributed by atoms with Crippen LogP contribution in [0.2, 0.25) is 0 Å². The fourth-order valence-corrected chi connectivity index (χ4v) is 11.0. The quantitative estimate of drug-likeness (QED) is 0.266. The van der Waals surface area contributed by atoms with Gasteiger partial charge in [0.05, 0.1) is 6.16 Å². The van der Waals surface area contributed by atoms with Crippen LogP contribution in [0.4, 0.5) is 0 Å². The van der Waals surface area contributed by atoms with Crippen LogP contribution in [-0.2, 0) is 17.4 Å². The van der Waals surface area contributed by atoms with Crippen molar-refractivity contribution in [2.75, 3.05) is 6.54 Å². The fourth-order valence-electron chi connectivity index (χ4n) is 5.32. The summed E-state index contributed by atoms with van der Waals surface area (Å²) in [7, 11) is -1.74. The lowest BCUT2D eigenvalue weighted by molar-refractivity contribution is -0.139. The predicted molar refractivity (Wildman–Crippen MR) is 169 cm³/mol. The molecule has 0 amide bonds. The van der Waals surface area contributed by atoms with Crippen LogP contribution < -0.4 is 33.6 Å². The third-order valence-electron chi connectivity index (χ3n) is 7.22. The molecular formula is C33H33ClNO2PS2. The highest BCUT2D eigenvalue weighted by Gasteiger charge is 2.45. The highest BCUT2D eigenvalue weighted by Crippen LogP contribution is 2.58. The smallest absolute Gasteiger partial charge is 0.320 e. The second-order valence-electron chi connectivity index (χ2n) is 9.84. The van der Waals surface area contributed by atoms with Gasteiger partial charge in [-0.05, 0) is 101 Å². The van der Waals surface area contributed by atoms with E-state index in [1.165, 1.54) is 27.0 Å². The molecule has 2 N–H and O–H groups in total. The van der Waals surface area contributed by atoms with Crippen LogP contribution in [0.25, 0.3) is 0 Å². The molecule has 40 heavy (non-hydrogen) atoms. The fraction of sp³-hybridized carbons (Fsp3) is 0.182. The Balaban J connectivity index is 0.000000210. The second kappa shape index (κ2) is 14.7. The van der Waals surface area contributed by atoms with Crippen molar-refractivity contribution in [3.8, 4) is 0 Å². The lowest BCUT2D eigenvalue weighted by Gasteiger charge is -2.27. The first-order chi connectivity index (χ1) is 19.1. The monoisotopic (exact) mass is 605 g/mol. The van der Waals surface area contributed by atoms with E-state index in [0.29, 0.717) is 5.92 Å². The average molecular weight is 606 g/mol. The number of hydrogen-bond acceptors (Lipinski definition) is 4. The molecule has 0 saturated carbocycles. The van der Waals surface area contributed by atoms with Crippen LogP contribution in [0.15, 0.2) is 125 Å². The van der Waals surface area contributed by atoms with Gasteiger partial charge in [0.15, 0.2) is 0 Å². The van der Waals surface area contributed by atoms with Gasteiger partial charge < -0.3 is 22.8 Å². The molecular weight excluding hydrogens is 573 g/mol. The normalized spacial score (nSPS) is 16.4. The lowest BCUT2D eigenvalue weighted by Crippen LogP contribution is -3.00. The van der Waals surface area contributed by atoms with Gasteiger partial charge in [-0.15, -0.1) is 0 Å². The van der Waals surface area contributed by atoms with Crippen molar-refractivity contribution >= 4 is 51.8 Å². The Hall–Kier alpha value is -2.79. The van der Waals surface area contributed by atoms with E-state index in [0.717, 1.165) is 25.5 Å². The molecule has 0 aliphatic carbocycles. The van der Waals surface area contributed by atoms with E-state index in [1.807, 2.05) is 0 Å². The van der Waals surface area contributed by atoms with Gasteiger partial charge in [0, 0.05) is 5.56 Å². The third-order valence-corrected chi connectivity index (χ3v) is 13.1. The third kappa shape index (κ3) is 7.28. The molecule has 7 heteroatoms. The van der Waals surface area contributed by atoms with Crippen LogP contribution in [-0.4, -0.2) is 23.7 Å². The van der Waals surface area contributed by atoms with Crippen molar-refractivity contribution in [1.29, 1.82) is 0 Å². The summed E-state index contributed by atoms with van der Waals surface area (Å²) >= 11 is 3.48. The zero-order valence-electron chi connectivity index (χ0n) is 22.1. The standard InChI is InChI=1S/C23H20PS.C10H13NO2S.ClH/c1-4-10-21(11-5-1)24(18-20-16-17-25-19-20,22-12-6-2-7-13-22)23-14-8-3-9-15-23;12-10(13)9-4-8(5-11-9)3-7-1-2-14-6-7;/h1-17,19H,18H2;1-2,6,8-9,11H,3-5H2,(H,12,13);1H/q+1;;/p-1/t;8-,9-;/m.0./s1. The molecule has 0 unspecified atom stereocenters. The highest BCUT2D eigenvalue weighted by molar-refractivity contribution is 7.95. The Morgan fingerprint density at radius 2 is 1.23 bits per heavy atom. The van der Waals surface area contributed by atoms with E-state index < -0.39 is 13.2 Å². The average Bonchev–Trinajstić information content (AvgIpc) is 3.78. The summed E-state index contributed by atoms with van der Waals surface area (Å²) in [6, 6.07) is 37.2. The minimum absolute atomic E-state index is 0. The van der Waals surface area contributed by atoms with Gasteiger partial charge in [-0.1, -0.05) is 54.6 Å². The first-order valence-electron chi connectivity index (χ1n) is 13.2. The number of hydrogen-bond donors (Lipinski definition) is 2. The summed E-state index contributed by atoms with van der Waals surface area (Å²) in [6.45, 7) is 0.826. The van der Waals surface area contributed by atoms with Gasteiger partial charge in [-0.25, -0.2) is 0 Å². The molecule has 3 nitrogen and oxygen atoms in total. The first kappa shape index (κ1) is 30.2. The Labute approximate surface area is 251 Å². The maximum Gasteiger partial charge on any atom is 0.320 e. The van der Waals surface area contributed by atoms with E-state index in [2.05, 4.69) is 130 Å². The Morgan fingerprint density at radius 3 is 1.62 bits per heavy atom. The van der Waals surface area contributed by atoms with Crippen LogP contribution in [0.3, 0.4) is 0 Å². The Kier molecular flexibility index (Phi) is 11.1. The largest absolute Gasteiger partial charge is 1.00 e. The predicted octanol–water partition coefficient (Wildman–Crippen LogP) is 3.60. The molecule has 0 spiro atoms. The number of thiophene rings is 2. The lowest BCUT2D eigenvalue weighted by atomic mass is 9.98. The van der Waals surface area contributed by atoms with Crippen molar-refractivity contribution < 1.29 is 22.3 Å². The highest BCUT2D eigenvalue weighted by atomic mass is 35.5. The van der Waals surface area contributed by atoms with Crippen LogP contribution in [0.5, 0.6) is 0 Å². The summed E-state index contributed by atoms with van der Waals surface area (Å²) in [5.74, 6) is -0.247. The molecule has 1 aliphatic heterocycles. The summed E-state index contributed by atoms with van der Waals surface area (Å²) in [5.41, 5.74) is 2.75. The molecule has 6 rings (SSSR count). The topological polar surface area (TPSA) is 49.3 Å². The van der Waals surface area contributed by atoms with Crippen molar-refractivity contribution in [3.05, 3.63) is 136 Å². The number of aliphatic carboxylic acids is 1. The molecule has 1 fully saturated rings. The number of carboxylic acids is 1. The zero-order valence-corrected chi connectivity index (χ0v) is 25.4. The number of benzene rings is 3. The van der Waals surface area contributed by atoms with Gasteiger partial charge >= 0.3 is 5.97 Å². The summed E-state index contributed by atoms with van der Waals surface area (Å²) in [6.07, 6.45) is 2.82. The van der Waals surface area contributed by atoms with Gasteiger partial charge in [0.1, 0.15) is 29.2 Å². The number of carbonyl (C=O) groups is 1. The molecule has 5 aromatic rings. The molecule has 0 radical (unpaired) electrons. The van der Waals surface area contributed by atoms with Crippen LogP contribution in [0.1, 0.15) is 17.5 Å². The molecule has 2 atom stereocenters. The number of nitrogens with one attached hydrogen (secondary N) is 1. The molecule has 0 bridgehead atoms. The molecule has 206 valence electrons. The SMILES string of the molecule is O=C(O)[C@@H]1C[C@H](Cc2ccsc2)CN1.[Cl-].c1ccc([P+](Cc2ccsc2)(c2ccccc2)c2ccccc2)cc1. The second-order valence-corrected chi connectivity index (χ2v) is 14.9. The summed E-state index contributed by atoms with van der Waals surface area (Å²) < 4.78 is 0. The molecule has 3 aromatic carbocycles. The zero-order chi connectivity index (χ0) is 26.9. The summed E-state index contributed by atoms with van der Waals surface area (Å²) in [5, 5.41) is 24.8. The molecule has 3 heterocycles. The van der Waals surface area contributed by atoms with Gasteiger partial charge in [0.25, 0.3) is 0 Å². The molecule has 1 saturated heterocycles. The molecule has 1 aliphatic rings. The number of rotatable bonds is 8. The van der Waals surface area contributed by atoms with Crippen molar-refractivity contribution in [3.63, 3.8) is 0 Å². The van der Waals surface area contributed by atoms with E-state index >= 15 is 0 Å². The van der Waals surface area contributed by atoms with Crippen LogP contribution in [0, 0.1) is 5.92 Å². The maximum atomic E-state index is 10.7. The number of carboxylic acid groups (broad SMARTS) is 1. The number of halogens is 1. The van der Waals surface area contributed by atoms with Crippen molar-refractivity contribution in [2.24, 2.45) is 5.92 Å². The van der Waals surface area contributed by atoms with E-state index in [1.54, 1.807) is 22.7 Å². The Bertz CT molecular complexity index is 1320.